The Hall–Kier alpha value is 1.88. The number of hydrogen-bond donors (Lipinski definition) is 0. The molecule has 0 aliphatic heterocycles. The standard InChI is InChI=1S/Er.2H2O.Ti/h;2*1H2;. The van der Waals surface area contributed by atoms with Gasteiger partial charge in [0.15, 0.2) is 0 Å². The van der Waals surface area contributed by atoms with Gasteiger partial charge >= 0.3 is 0 Å². The van der Waals surface area contributed by atoms with Crippen LogP contribution in [0.15, 0.2) is 0 Å². The Morgan fingerprint density at radius 2 is 0.750 bits per heavy atom. The van der Waals surface area contributed by atoms with Crippen LogP contribution < -0.4 is 0 Å². The normalized spacial score (nSPS) is 0. The van der Waals surface area contributed by atoms with Gasteiger partial charge in [0.25, 0.3) is 0 Å². The summed E-state index contributed by atoms with van der Waals surface area (Å²) in [6.07, 6.45) is 0. The van der Waals surface area contributed by atoms with Gasteiger partial charge < -0.3 is 11.0 Å². The van der Waals surface area contributed by atoms with Crippen LogP contribution in [-0.4, -0.2) is 11.0 Å². The average molecular weight is 251 g/mol. The predicted molar refractivity (Wildman–Crippen MR) is 7.23 cm³/mol. The second-order valence-electron chi connectivity index (χ2n) is 0. The summed E-state index contributed by atoms with van der Waals surface area (Å²) in [5.41, 5.74) is 0. The van der Waals surface area contributed by atoms with Gasteiger partial charge in [-0.05, 0) is 0 Å². The van der Waals surface area contributed by atoms with Gasteiger partial charge in [0.1, 0.15) is 0 Å². The first kappa shape index (κ1) is 39.6. The van der Waals surface area contributed by atoms with Crippen molar-refractivity contribution in [2.45, 2.75) is 0 Å². The van der Waals surface area contributed by atoms with E-state index in [1.54, 1.807) is 0 Å². The van der Waals surface area contributed by atoms with Crippen LogP contribution in [0.5, 0.6) is 0 Å². The zero-order chi connectivity index (χ0) is 0. The summed E-state index contributed by atoms with van der Waals surface area (Å²) in [7, 11) is 0. The minimum atomic E-state index is 0. The molecule has 0 heterocycles. The van der Waals surface area contributed by atoms with E-state index in [4.69, 9.17) is 0 Å². The van der Waals surface area contributed by atoms with Crippen molar-refractivity contribution in [3.8, 4) is 0 Å². The van der Waals surface area contributed by atoms with Crippen LogP contribution in [0, 0.1) is 37.3 Å². The molecule has 0 spiro atoms. The van der Waals surface area contributed by atoms with Crippen molar-refractivity contribution in [2.24, 2.45) is 0 Å². The van der Waals surface area contributed by atoms with Crippen LogP contribution in [0.2, 0.25) is 0 Å². The quantitative estimate of drug-likeness (QED) is 0.463. The Morgan fingerprint density at radius 1 is 0.750 bits per heavy atom. The molecular formula is H4ErO2Ti. The van der Waals surface area contributed by atoms with Crippen molar-refractivity contribution in [3.05, 3.63) is 0 Å². The molecule has 0 atom stereocenters. The maximum Gasteiger partial charge on any atom is 0 e. The molecule has 0 bridgehead atoms. The third-order valence-corrected chi connectivity index (χ3v) is 0. The Bertz CT molecular complexity index is 6.00. The third kappa shape index (κ3) is 9.10. The van der Waals surface area contributed by atoms with Gasteiger partial charge in [-0.15, -0.1) is 0 Å². The summed E-state index contributed by atoms with van der Waals surface area (Å²) in [5.74, 6) is 0. The first-order valence-electron chi connectivity index (χ1n) is 0. The summed E-state index contributed by atoms with van der Waals surface area (Å²) in [6.45, 7) is 0. The molecule has 0 saturated heterocycles. The van der Waals surface area contributed by atoms with Crippen molar-refractivity contribution in [1.29, 1.82) is 0 Å². The van der Waals surface area contributed by atoms with E-state index in [9.17, 15) is 0 Å². The van der Waals surface area contributed by atoms with Crippen molar-refractivity contribution in [1.82, 2.24) is 0 Å². The molecule has 4 heteroatoms. The molecule has 2 nitrogen and oxygen atoms in total. The van der Waals surface area contributed by atoms with Crippen molar-refractivity contribution in [3.63, 3.8) is 0 Å². The van der Waals surface area contributed by atoms with E-state index in [-0.39, 0.29) is 70.0 Å². The Balaban J connectivity index is 0. The second-order valence-corrected chi connectivity index (χ2v) is 0. The molecule has 0 amide bonds. The topological polar surface area (TPSA) is 63.0 Å². The van der Waals surface area contributed by atoms with E-state index in [0.717, 1.165) is 0 Å². The molecule has 0 aromatic heterocycles. The molecule has 0 rings (SSSR count). The zero-order valence-corrected chi connectivity index (χ0v) is 5.20. The first-order valence-corrected chi connectivity index (χ1v) is 0. The summed E-state index contributed by atoms with van der Waals surface area (Å²) in [4.78, 5) is 0. The van der Waals surface area contributed by atoms with Gasteiger partial charge in [0, 0.05) is 59.0 Å². The third-order valence-electron chi connectivity index (χ3n) is 0. The van der Waals surface area contributed by atoms with Crippen LogP contribution in [0.25, 0.3) is 0 Å². The van der Waals surface area contributed by atoms with E-state index in [1.165, 1.54) is 0 Å². The van der Waals surface area contributed by atoms with Crippen LogP contribution in [0.3, 0.4) is 0 Å². The molecule has 0 aliphatic carbocycles. The molecule has 0 aromatic carbocycles. The molecule has 0 unspecified atom stereocenters. The van der Waals surface area contributed by atoms with Crippen LogP contribution in [0.4, 0.5) is 0 Å². The average Bonchev–Trinajstić information content (AvgIpc) is 0. The fourth-order valence-electron chi connectivity index (χ4n) is 0. The van der Waals surface area contributed by atoms with Crippen molar-refractivity contribution in [2.75, 3.05) is 0 Å². The molecule has 0 fully saturated rings. The minimum Gasteiger partial charge on any atom is -0.412 e. The van der Waals surface area contributed by atoms with Gasteiger partial charge in [-0.1, -0.05) is 0 Å². The molecule has 0 saturated carbocycles. The molecule has 0 aliphatic rings. The van der Waals surface area contributed by atoms with E-state index in [1.807, 2.05) is 0 Å². The summed E-state index contributed by atoms with van der Waals surface area (Å²) in [5, 5.41) is 0. The summed E-state index contributed by atoms with van der Waals surface area (Å²) < 4.78 is 0. The van der Waals surface area contributed by atoms with E-state index in [0.29, 0.717) is 0 Å². The Morgan fingerprint density at radius 3 is 0.750 bits per heavy atom. The van der Waals surface area contributed by atoms with Crippen molar-refractivity contribution >= 4 is 0 Å². The first-order chi connectivity index (χ1) is 0. The zero-order valence-electron chi connectivity index (χ0n) is 1.79. The Labute approximate surface area is 69.0 Å². The molecule has 4 N–H and O–H groups in total. The second kappa shape index (κ2) is 20.8. The number of rotatable bonds is 0. The predicted octanol–water partition coefficient (Wildman–Crippen LogP) is -1.65. The van der Waals surface area contributed by atoms with Crippen LogP contribution in [-0.2, 0) is 21.7 Å². The monoisotopic (exact) mass is 250 g/mol. The SMILES string of the molecule is O.O.[Er].[Ti]. The Kier molecular flexibility index (Phi) is 206. The molecule has 32 valence electrons. The fourth-order valence-corrected chi connectivity index (χ4v) is 0. The van der Waals surface area contributed by atoms with Gasteiger partial charge in [-0.2, -0.15) is 0 Å². The van der Waals surface area contributed by atoms with Gasteiger partial charge in [-0.3, -0.25) is 0 Å². The molecular weight excluding hydrogens is 247 g/mol. The molecule has 4 heavy (non-hydrogen) atoms. The smallest absolute Gasteiger partial charge is 0 e. The minimum absolute atomic E-state index is 0. The number of hydrogen-bond acceptors (Lipinski definition) is 0. The van der Waals surface area contributed by atoms with Gasteiger partial charge in [0.2, 0.25) is 0 Å². The maximum atomic E-state index is 0. The summed E-state index contributed by atoms with van der Waals surface area (Å²) >= 11 is 0. The largest absolute Gasteiger partial charge is 0.412 e. The van der Waals surface area contributed by atoms with E-state index < -0.39 is 0 Å². The van der Waals surface area contributed by atoms with E-state index in [2.05, 4.69) is 0 Å². The van der Waals surface area contributed by atoms with Gasteiger partial charge in [-0.25, -0.2) is 0 Å². The maximum absolute atomic E-state index is 0. The van der Waals surface area contributed by atoms with Gasteiger partial charge in [0.05, 0.1) is 0 Å². The van der Waals surface area contributed by atoms with Crippen LogP contribution in [0.1, 0.15) is 0 Å². The van der Waals surface area contributed by atoms with Crippen molar-refractivity contribution < 1.29 is 70.0 Å². The fraction of sp³-hybridized carbons (Fsp3) is 0. The summed E-state index contributed by atoms with van der Waals surface area (Å²) in [6, 6.07) is 0. The molecule has 0 radical (unpaired) electrons. The van der Waals surface area contributed by atoms with Crippen LogP contribution >= 0.6 is 0 Å². The molecule has 0 aromatic rings. The van der Waals surface area contributed by atoms with E-state index >= 15 is 0 Å².